The van der Waals surface area contributed by atoms with E-state index < -0.39 is 0 Å². The van der Waals surface area contributed by atoms with Gasteiger partial charge in [0.25, 0.3) is 0 Å². The van der Waals surface area contributed by atoms with E-state index in [1.54, 1.807) is 24.5 Å². The van der Waals surface area contributed by atoms with Gasteiger partial charge in [0, 0.05) is 23.9 Å². The minimum absolute atomic E-state index is 0.0523. The van der Waals surface area contributed by atoms with Crippen LogP contribution in [0.1, 0.15) is 20.8 Å². The zero-order chi connectivity index (χ0) is 13.9. The maximum Gasteiger partial charge on any atom is 0.221 e. The molecule has 2 aromatic rings. The zero-order valence-corrected chi connectivity index (χ0v) is 11.9. The summed E-state index contributed by atoms with van der Waals surface area (Å²) in [6, 6.07) is 7.26. The molecule has 0 saturated carbocycles. The summed E-state index contributed by atoms with van der Waals surface area (Å²) in [5.41, 5.74) is -0.0523. The summed E-state index contributed by atoms with van der Waals surface area (Å²) in [7, 11) is 0. The van der Waals surface area contributed by atoms with Gasteiger partial charge in [0.15, 0.2) is 0 Å². The average Bonchev–Trinajstić information content (AvgIpc) is 2.27. The minimum Gasteiger partial charge on any atom is -0.437 e. The first kappa shape index (κ1) is 13.6. The second-order valence-corrected chi connectivity index (χ2v) is 5.61. The van der Waals surface area contributed by atoms with Crippen LogP contribution in [0.2, 0.25) is 5.02 Å². The molecule has 0 aromatic carbocycles. The van der Waals surface area contributed by atoms with Crippen LogP contribution < -0.4 is 10.1 Å². The molecule has 4 nitrogen and oxygen atoms in total. The van der Waals surface area contributed by atoms with Crippen LogP contribution in [-0.4, -0.2) is 15.5 Å². The van der Waals surface area contributed by atoms with E-state index in [0.717, 1.165) is 5.82 Å². The molecule has 0 saturated heterocycles. The molecule has 2 aromatic heterocycles. The summed E-state index contributed by atoms with van der Waals surface area (Å²) >= 11 is 5.85. The van der Waals surface area contributed by atoms with Gasteiger partial charge in [0.2, 0.25) is 5.88 Å². The second kappa shape index (κ2) is 5.45. The molecule has 0 bridgehead atoms. The molecule has 0 spiro atoms. The molecular weight excluding hydrogens is 262 g/mol. The number of hydrogen-bond donors (Lipinski definition) is 1. The van der Waals surface area contributed by atoms with E-state index in [2.05, 4.69) is 36.1 Å². The lowest BCUT2D eigenvalue weighted by Crippen LogP contribution is -2.26. The van der Waals surface area contributed by atoms with Crippen molar-refractivity contribution in [3.05, 3.63) is 41.7 Å². The summed E-state index contributed by atoms with van der Waals surface area (Å²) < 4.78 is 5.62. The molecule has 19 heavy (non-hydrogen) atoms. The SMILES string of the molecule is CC(C)(C)Nc1cccc(Oc2cncc(Cl)c2)n1. The van der Waals surface area contributed by atoms with Crippen molar-refractivity contribution in [2.24, 2.45) is 0 Å². The minimum atomic E-state index is -0.0523. The topological polar surface area (TPSA) is 47.0 Å². The highest BCUT2D eigenvalue weighted by molar-refractivity contribution is 6.30. The van der Waals surface area contributed by atoms with E-state index in [9.17, 15) is 0 Å². The Morgan fingerprint density at radius 3 is 2.68 bits per heavy atom. The van der Waals surface area contributed by atoms with Gasteiger partial charge in [-0.25, -0.2) is 0 Å². The van der Waals surface area contributed by atoms with Crippen LogP contribution in [0.5, 0.6) is 11.6 Å². The Morgan fingerprint density at radius 2 is 2.00 bits per heavy atom. The third-order valence-electron chi connectivity index (χ3n) is 2.13. The van der Waals surface area contributed by atoms with Gasteiger partial charge in [-0.15, -0.1) is 0 Å². The molecule has 2 heterocycles. The highest BCUT2D eigenvalue weighted by Gasteiger charge is 2.10. The number of aromatic nitrogens is 2. The molecule has 0 aliphatic rings. The molecule has 0 fully saturated rings. The molecule has 0 amide bonds. The van der Waals surface area contributed by atoms with Crippen molar-refractivity contribution in [2.75, 3.05) is 5.32 Å². The summed E-state index contributed by atoms with van der Waals surface area (Å²) in [6.45, 7) is 6.22. The number of pyridine rings is 2. The summed E-state index contributed by atoms with van der Waals surface area (Å²) in [4.78, 5) is 8.34. The van der Waals surface area contributed by atoms with E-state index in [-0.39, 0.29) is 5.54 Å². The first-order chi connectivity index (χ1) is 8.92. The van der Waals surface area contributed by atoms with Crippen molar-refractivity contribution in [3.8, 4) is 11.6 Å². The van der Waals surface area contributed by atoms with Crippen molar-refractivity contribution in [1.82, 2.24) is 9.97 Å². The van der Waals surface area contributed by atoms with Crippen LogP contribution in [0.25, 0.3) is 0 Å². The molecular formula is C14H16ClN3O. The third kappa shape index (κ3) is 4.41. The smallest absolute Gasteiger partial charge is 0.221 e. The Morgan fingerprint density at radius 1 is 1.21 bits per heavy atom. The number of anilines is 1. The molecule has 0 aliphatic heterocycles. The molecule has 0 aliphatic carbocycles. The third-order valence-corrected chi connectivity index (χ3v) is 2.34. The Balaban J connectivity index is 2.15. The van der Waals surface area contributed by atoms with Gasteiger partial charge in [-0.3, -0.25) is 4.98 Å². The van der Waals surface area contributed by atoms with E-state index in [1.807, 2.05) is 12.1 Å². The van der Waals surface area contributed by atoms with E-state index in [4.69, 9.17) is 16.3 Å². The van der Waals surface area contributed by atoms with Gasteiger partial charge in [-0.05, 0) is 26.8 Å². The summed E-state index contributed by atoms with van der Waals surface area (Å²) in [5.74, 6) is 1.83. The largest absolute Gasteiger partial charge is 0.437 e. The molecule has 5 heteroatoms. The normalized spacial score (nSPS) is 11.2. The Bertz CT molecular complexity index is 567. The fraction of sp³-hybridized carbons (Fsp3) is 0.286. The number of halogens is 1. The van der Waals surface area contributed by atoms with Gasteiger partial charge >= 0.3 is 0 Å². The van der Waals surface area contributed by atoms with Gasteiger partial charge in [-0.1, -0.05) is 17.7 Å². The van der Waals surface area contributed by atoms with Crippen LogP contribution in [0.15, 0.2) is 36.7 Å². The number of ether oxygens (including phenoxy) is 1. The van der Waals surface area contributed by atoms with Crippen molar-refractivity contribution < 1.29 is 4.74 Å². The van der Waals surface area contributed by atoms with Crippen molar-refractivity contribution in [3.63, 3.8) is 0 Å². The molecule has 100 valence electrons. The number of nitrogens with one attached hydrogen (secondary N) is 1. The summed E-state index contributed by atoms with van der Waals surface area (Å²) in [5, 5.41) is 3.82. The fourth-order valence-corrected chi connectivity index (χ4v) is 1.66. The highest BCUT2D eigenvalue weighted by atomic mass is 35.5. The van der Waals surface area contributed by atoms with E-state index >= 15 is 0 Å². The van der Waals surface area contributed by atoms with Crippen LogP contribution in [0.3, 0.4) is 0 Å². The maximum absolute atomic E-state index is 5.85. The monoisotopic (exact) mass is 277 g/mol. The van der Waals surface area contributed by atoms with Gasteiger partial charge in [-0.2, -0.15) is 4.98 Å². The van der Waals surface area contributed by atoms with Crippen molar-refractivity contribution in [1.29, 1.82) is 0 Å². The van der Waals surface area contributed by atoms with Crippen LogP contribution in [-0.2, 0) is 0 Å². The lowest BCUT2D eigenvalue weighted by molar-refractivity contribution is 0.461. The molecule has 0 unspecified atom stereocenters. The van der Waals surface area contributed by atoms with Gasteiger partial charge in [0.1, 0.15) is 11.6 Å². The van der Waals surface area contributed by atoms with Gasteiger partial charge < -0.3 is 10.1 Å². The van der Waals surface area contributed by atoms with Crippen molar-refractivity contribution in [2.45, 2.75) is 26.3 Å². The molecule has 0 atom stereocenters. The second-order valence-electron chi connectivity index (χ2n) is 5.18. The zero-order valence-electron chi connectivity index (χ0n) is 11.1. The number of rotatable bonds is 3. The molecule has 1 N–H and O–H groups in total. The van der Waals surface area contributed by atoms with E-state index in [0.29, 0.717) is 16.7 Å². The van der Waals surface area contributed by atoms with E-state index in [1.165, 1.54) is 0 Å². The van der Waals surface area contributed by atoms with Gasteiger partial charge in [0.05, 0.1) is 11.2 Å². The Kier molecular flexibility index (Phi) is 3.90. The lowest BCUT2D eigenvalue weighted by Gasteiger charge is -2.21. The lowest BCUT2D eigenvalue weighted by atomic mass is 10.1. The average molecular weight is 278 g/mol. The fourth-order valence-electron chi connectivity index (χ4n) is 1.49. The number of nitrogens with zero attached hydrogens (tertiary/aromatic N) is 2. The predicted octanol–water partition coefficient (Wildman–Crippen LogP) is 4.13. The summed E-state index contributed by atoms with van der Waals surface area (Å²) in [6.07, 6.45) is 3.15. The number of hydrogen-bond acceptors (Lipinski definition) is 4. The van der Waals surface area contributed by atoms with Crippen molar-refractivity contribution >= 4 is 17.4 Å². The first-order valence-corrected chi connectivity index (χ1v) is 6.34. The Hall–Kier alpha value is -1.81. The van der Waals surface area contributed by atoms with Crippen LogP contribution >= 0.6 is 11.6 Å². The van der Waals surface area contributed by atoms with Crippen LogP contribution in [0.4, 0.5) is 5.82 Å². The maximum atomic E-state index is 5.85. The molecule has 0 radical (unpaired) electrons. The molecule has 2 rings (SSSR count). The first-order valence-electron chi connectivity index (χ1n) is 5.96. The quantitative estimate of drug-likeness (QED) is 0.916. The standard InChI is InChI=1S/C14H16ClN3O/c1-14(2,3)18-12-5-4-6-13(17-12)19-11-7-10(15)8-16-9-11/h4-9H,1-3H3,(H,17,18). The van der Waals surface area contributed by atoms with Crippen LogP contribution in [0, 0.1) is 0 Å². The predicted molar refractivity (Wildman–Crippen MR) is 76.9 cm³/mol. The highest BCUT2D eigenvalue weighted by Crippen LogP contribution is 2.23. The Labute approximate surface area is 117 Å².